The molecule has 1 amide bonds. The number of rotatable bonds is 4. The van der Waals surface area contributed by atoms with E-state index < -0.39 is 17.8 Å². The molecule has 0 aliphatic carbocycles. The third-order valence-electron chi connectivity index (χ3n) is 2.84. The van der Waals surface area contributed by atoms with Gasteiger partial charge in [-0.3, -0.25) is 4.79 Å². The number of phenolic OH excluding ortho intramolecular Hbond substituents is 1. The predicted molar refractivity (Wildman–Crippen MR) is 77.7 cm³/mol. The lowest BCUT2D eigenvalue weighted by Gasteiger charge is -2.12. The van der Waals surface area contributed by atoms with E-state index in [1.54, 1.807) is 0 Å². The van der Waals surface area contributed by atoms with Crippen molar-refractivity contribution in [2.75, 3.05) is 5.32 Å². The third-order valence-corrected chi connectivity index (χ3v) is 3.08. The number of phenols is 1. The lowest BCUT2D eigenvalue weighted by Crippen LogP contribution is -2.15. The van der Waals surface area contributed by atoms with Gasteiger partial charge >= 0.3 is 0 Å². The molecule has 0 unspecified atom stereocenters. The van der Waals surface area contributed by atoms with Crippen molar-refractivity contribution in [1.29, 1.82) is 0 Å². The number of benzene rings is 2. The van der Waals surface area contributed by atoms with Crippen LogP contribution in [0.4, 0.5) is 10.1 Å². The van der Waals surface area contributed by atoms with Crippen molar-refractivity contribution < 1.29 is 19.4 Å². The normalized spacial score (nSPS) is 12.0. The van der Waals surface area contributed by atoms with Crippen molar-refractivity contribution in [2.45, 2.75) is 12.5 Å². The summed E-state index contributed by atoms with van der Waals surface area (Å²) in [6.07, 6.45) is -1.41. The number of amides is 1. The van der Waals surface area contributed by atoms with Gasteiger partial charge in [0.1, 0.15) is 11.6 Å². The van der Waals surface area contributed by atoms with Gasteiger partial charge in [0.15, 0.2) is 0 Å². The molecule has 0 saturated heterocycles. The number of hydrogen-bond acceptors (Lipinski definition) is 3. The third kappa shape index (κ3) is 4.18. The van der Waals surface area contributed by atoms with Crippen molar-refractivity contribution in [3.05, 3.63) is 58.9 Å². The molecule has 0 radical (unpaired) electrons. The monoisotopic (exact) mass is 309 g/mol. The Morgan fingerprint density at radius 1 is 1.29 bits per heavy atom. The maximum atomic E-state index is 13.0. The fourth-order valence-electron chi connectivity index (χ4n) is 1.82. The lowest BCUT2D eigenvalue weighted by molar-refractivity contribution is -0.118. The highest BCUT2D eigenvalue weighted by atomic mass is 35.5. The SMILES string of the molecule is O=C(C[C@H](O)c1cccc(F)c1)Nc1cc(Cl)ccc1O. The molecule has 21 heavy (non-hydrogen) atoms. The van der Waals surface area contributed by atoms with E-state index in [-0.39, 0.29) is 17.9 Å². The number of carbonyl (C=O) groups excluding carboxylic acids is 1. The zero-order valence-electron chi connectivity index (χ0n) is 10.9. The second-order valence-corrected chi connectivity index (χ2v) is 4.92. The smallest absolute Gasteiger partial charge is 0.227 e. The van der Waals surface area contributed by atoms with Crippen LogP contribution in [0, 0.1) is 5.82 Å². The van der Waals surface area contributed by atoms with Crippen LogP contribution in [0.5, 0.6) is 5.75 Å². The Kier molecular flexibility index (Phi) is 4.77. The molecule has 1 atom stereocenters. The average Bonchev–Trinajstić information content (AvgIpc) is 2.42. The minimum absolute atomic E-state index is 0.131. The van der Waals surface area contributed by atoms with Crippen molar-refractivity contribution in [3.63, 3.8) is 0 Å². The first-order valence-electron chi connectivity index (χ1n) is 6.17. The van der Waals surface area contributed by atoms with Gasteiger partial charge in [-0.05, 0) is 35.9 Å². The minimum Gasteiger partial charge on any atom is -0.506 e. The molecule has 0 saturated carbocycles. The van der Waals surface area contributed by atoms with Crippen molar-refractivity contribution in [1.82, 2.24) is 0 Å². The number of anilines is 1. The van der Waals surface area contributed by atoms with Crippen LogP contribution in [0.15, 0.2) is 42.5 Å². The molecule has 4 nitrogen and oxygen atoms in total. The van der Waals surface area contributed by atoms with Crippen molar-refractivity contribution in [3.8, 4) is 5.75 Å². The van der Waals surface area contributed by atoms with E-state index in [0.29, 0.717) is 10.6 Å². The summed E-state index contributed by atoms with van der Waals surface area (Å²) < 4.78 is 13.0. The standard InChI is InChI=1S/C15H13ClFNO3/c16-10-4-5-13(19)12(7-10)18-15(21)8-14(20)9-2-1-3-11(17)6-9/h1-7,14,19-20H,8H2,(H,18,21)/t14-/m0/s1. The molecule has 3 N–H and O–H groups in total. The van der Waals surface area contributed by atoms with Crippen molar-refractivity contribution in [2.24, 2.45) is 0 Å². The number of aliphatic hydroxyl groups excluding tert-OH is 1. The Morgan fingerprint density at radius 3 is 2.76 bits per heavy atom. The summed E-state index contributed by atoms with van der Waals surface area (Å²) in [4.78, 5) is 11.8. The molecule has 0 bridgehead atoms. The van der Waals surface area contributed by atoms with Gasteiger partial charge in [-0.25, -0.2) is 4.39 Å². The second kappa shape index (κ2) is 6.56. The van der Waals surface area contributed by atoms with Crippen LogP contribution in [0.2, 0.25) is 5.02 Å². The van der Waals surface area contributed by atoms with E-state index in [9.17, 15) is 19.4 Å². The fourth-order valence-corrected chi connectivity index (χ4v) is 1.99. The molecular formula is C15H13ClFNO3. The molecule has 6 heteroatoms. The highest BCUT2D eigenvalue weighted by Gasteiger charge is 2.15. The Bertz CT molecular complexity index is 663. The molecular weight excluding hydrogens is 297 g/mol. The van der Waals surface area contributed by atoms with Crippen molar-refractivity contribution >= 4 is 23.2 Å². The molecule has 0 fully saturated rings. The van der Waals surface area contributed by atoms with E-state index in [1.807, 2.05) is 0 Å². The van der Waals surface area contributed by atoms with E-state index in [0.717, 1.165) is 6.07 Å². The van der Waals surface area contributed by atoms with Gasteiger partial charge in [0.05, 0.1) is 18.2 Å². The fraction of sp³-hybridized carbons (Fsp3) is 0.133. The van der Waals surface area contributed by atoms with Crippen LogP contribution in [-0.2, 0) is 4.79 Å². The molecule has 0 aliphatic heterocycles. The summed E-state index contributed by atoms with van der Waals surface area (Å²) in [5.41, 5.74) is 0.458. The number of hydrogen-bond donors (Lipinski definition) is 3. The molecule has 2 rings (SSSR count). The van der Waals surface area contributed by atoms with Crippen LogP contribution >= 0.6 is 11.6 Å². The Labute approximate surface area is 125 Å². The Balaban J connectivity index is 2.03. The zero-order chi connectivity index (χ0) is 15.4. The first kappa shape index (κ1) is 15.3. The summed E-state index contributed by atoms with van der Waals surface area (Å²) in [6, 6.07) is 9.61. The largest absolute Gasteiger partial charge is 0.506 e. The van der Waals surface area contributed by atoms with Gasteiger partial charge in [-0.15, -0.1) is 0 Å². The Hall–Kier alpha value is -2.11. The molecule has 0 heterocycles. The topological polar surface area (TPSA) is 69.6 Å². The average molecular weight is 310 g/mol. The predicted octanol–water partition coefficient (Wildman–Crippen LogP) is 3.25. The highest BCUT2D eigenvalue weighted by molar-refractivity contribution is 6.31. The van der Waals surface area contributed by atoms with Gasteiger partial charge in [-0.2, -0.15) is 0 Å². The molecule has 0 aliphatic rings. The summed E-state index contributed by atoms with van der Waals surface area (Å²) in [5.74, 6) is -1.14. The van der Waals surface area contributed by atoms with Crippen LogP contribution < -0.4 is 5.32 Å². The first-order chi connectivity index (χ1) is 9.95. The van der Waals surface area contributed by atoms with Crippen LogP contribution in [0.1, 0.15) is 18.1 Å². The zero-order valence-corrected chi connectivity index (χ0v) is 11.6. The highest BCUT2D eigenvalue weighted by Crippen LogP contribution is 2.27. The van der Waals surface area contributed by atoms with Crippen LogP contribution in [0.3, 0.4) is 0 Å². The number of aromatic hydroxyl groups is 1. The van der Waals surface area contributed by atoms with Crippen LogP contribution in [0.25, 0.3) is 0 Å². The molecule has 110 valence electrons. The van der Waals surface area contributed by atoms with Gasteiger partial charge in [0.25, 0.3) is 0 Å². The number of nitrogens with one attached hydrogen (secondary N) is 1. The summed E-state index contributed by atoms with van der Waals surface area (Å²) in [7, 11) is 0. The van der Waals surface area contributed by atoms with Gasteiger partial charge in [0, 0.05) is 5.02 Å². The van der Waals surface area contributed by atoms with E-state index in [1.165, 1.54) is 36.4 Å². The van der Waals surface area contributed by atoms with Gasteiger partial charge in [-0.1, -0.05) is 23.7 Å². The quantitative estimate of drug-likeness (QED) is 0.759. The Morgan fingerprint density at radius 2 is 2.05 bits per heavy atom. The van der Waals surface area contributed by atoms with Gasteiger partial charge < -0.3 is 15.5 Å². The van der Waals surface area contributed by atoms with Gasteiger partial charge in [0.2, 0.25) is 5.91 Å². The maximum absolute atomic E-state index is 13.0. The lowest BCUT2D eigenvalue weighted by atomic mass is 10.1. The summed E-state index contributed by atoms with van der Waals surface area (Å²) in [5, 5.41) is 22.3. The number of carbonyl (C=O) groups is 1. The molecule has 0 spiro atoms. The second-order valence-electron chi connectivity index (χ2n) is 4.48. The summed E-state index contributed by atoms with van der Waals surface area (Å²) in [6.45, 7) is 0. The molecule has 0 aromatic heterocycles. The maximum Gasteiger partial charge on any atom is 0.227 e. The summed E-state index contributed by atoms with van der Waals surface area (Å²) >= 11 is 5.77. The molecule has 2 aromatic rings. The number of aliphatic hydroxyl groups is 1. The molecule has 2 aromatic carbocycles. The number of halogens is 2. The van der Waals surface area contributed by atoms with Crippen LogP contribution in [-0.4, -0.2) is 16.1 Å². The van der Waals surface area contributed by atoms with E-state index in [2.05, 4.69) is 5.32 Å². The minimum atomic E-state index is -1.14. The van der Waals surface area contributed by atoms with E-state index >= 15 is 0 Å². The first-order valence-corrected chi connectivity index (χ1v) is 6.55. The van der Waals surface area contributed by atoms with E-state index in [4.69, 9.17) is 11.6 Å².